The Bertz CT molecular complexity index is 644. The maximum atomic E-state index is 12.9. The predicted octanol–water partition coefficient (Wildman–Crippen LogP) is 4.12. The fourth-order valence-electron chi connectivity index (χ4n) is 4.72. The van der Waals surface area contributed by atoms with Crippen molar-refractivity contribution in [2.45, 2.75) is 45.4 Å². The van der Waals surface area contributed by atoms with Crippen molar-refractivity contribution in [3.63, 3.8) is 0 Å². The van der Waals surface area contributed by atoms with Crippen molar-refractivity contribution >= 4 is 17.5 Å². The Balaban J connectivity index is 1.54. The van der Waals surface area contributed by atoms with Crippen LogP contribution in [0.15, 0.2) is 36.4 Å². The lowest BCUT2D eigenvalue weighted by Gasteiger charge is -2.38. The lowest BCUT2D eigenvalue weighted by atomic mass is 9.63. The summed E-state index contributed by atoms with van der Waals surface area (Å²) in [5, 5.41) is 0. The Morgan fingerprint density at radius 2 is 1.50 bits per heavy atom. The van der Waals surface area contributed by atoms with Gasteiger partial charge in [-0.15, -0.1) is 0 Å². The van der Waals surface area contributed by atoms with E-state index in [0.717, 1.165) is 24.9 Å². The predicted molar refractivity (Wildman–Crippen MR) is 94.5 cm³/mol. The maximum Gasteiger partial charge on any atom is 0.238 e. The molecular formula is C21H25NO2. The molecule has 0 spiro atoms. The van der Waals surface area contributed by atoms with E-state index in [-0.39, 0.29) is 35.5 Å². The second-order valence-electron chi connectivity index (χ2n) is 7.48. The van der Waals surface area contributed by atoms with Gasteiger partial charge in [-0.3, -0.25) is 14.5 Å². The molecule has 1 saturated heterocycles. The molecule has 3 nitrogen and oxygen atoms in total. The molecular weight excluding hydrogens is 298 g/mol. The van der Waals surface area contributed by atoms with Gasteiger partial charge < -0.3 is 0 Å². The molecule has 3 aliphatic carbocycles. The number of aryl methyl sites for hydroxylation is 1. The second-order valence-corrected chi connectivity index (χ2v) is 7.48. The number of imide groups is 1. The molecule has 5 rings (SSSR count). The van der Waals surface area contributed by atoms with Crippen LogP contribution in [0.5, 0.6) is 0 Å². The minimum absolute atomic E-state index is 0.0165. The van der Waals surface area contributed by atoms with Gasteiger partial charge in [-0.05, 0) is 55.2 Å². The van der Waals surface area contributed by atoms with Crippen LogP contribution >= 0.6 is 0 Å². The minimum Gasteiger partial charge on any atom is -0.274 e. The minimum atomic E-state index is -0.120. The number of hydrogen-bond donors (Lipinski definition) is 0. The first-order valence-corrected chi connectivity index (χ1v) is 9.35. The van der Waals surface area contributed by atoms with Crippen molar-refractivity contribution in [1.82, 2.24) is 0 Å². The molecule has 3 heteroatoms. The molecule has 2 amide bonds. The number of amides is 2. The summed E-state index contributed by atoms with van der Waals surface area (Å²) in [4.78, 5) is 27.3. The first-order chi connectivity index (χ1) is 11.7. The van der Waals surface area contributed by atoms with Crippen molar-refractivity contribution < 1.29 is 9.59 Å². The van der Waals surface area contributed by atoms with Crippen molar-refractivity contribution in [3.8, 4) is 0 Å². The zero-order valence-corrected chi connectivity index (χ0v) is 14.3. The van der Waals surface area contributed by atoms with Gasteiger partial charge in [-0.1, -0.05) is 44.1 Å². The van der Waals surface area contributed by atoms with Crippen LogP contribution in [0, 0.1) is 23.7 Å². The molecule has 2 unspecified atom stereocenters. The topological polar surface area (TPSA) is 37.4 Å². The standard InChI is InChI=1S/C21H25NO2/c1-2-3-4-5-14-6-12-17(13-7-14)22-20(23)18-15-8-9-16(11-10-15)19(18)21(22)24/h6-9,12-13,15-16,18-19H,2-5,10-11H2,1H3/t15?,16?,18-,19+. The molecule has 1 aromatic carbocycles. The van der Waals surface area contributed by atoms with Crippen molar-refractivity contribution in [2.75, 3.05) is 4.90 Å². The van der Waals surface area contributed by atoms with E-state index in [4.69, 9.17) is 0 Å². The van der Waals surface area contributed by atoms with E-state index in [0.29, 0.717) is 0 Å². The number of carbonyl (C=O) groups is 2. The number of carbonyl (C=O) groups excluding carboxylic acids is 2. The zero-order valence-electron chi connectivity index (χ0n) is 14.3. The first kappa shape index (κ1) is 15.6. The van der Waals surface area contributed by atoms with Gasteiger partial charge in [0.2, 0.25) is 11.8 Å². The number of benzene rings is 1. The van der Waals surface area contributed by atoms with Crippen molar-refractivity contribution in [3.05, 3.63) is 42.0 Å². The average Bonchev–Trinajstić information content (AvgIpc) is 2.90. The van der Waals surface area contributed by atoms with E-state index < -0.39 is 0 Å². The van der Waals surface area contributed by atoms with Crippen molar-refractivity contribution in [1.29, 1.82) is 0 Å². The fourth-order valence-corrected chi connectivity index (χ4v) is 4.72. The van der Waals surface area contributed by atoms with Gasteiger partial charge >= 0.3 is 0 Å². The highest BCUT2D eigenvalue weighted by Crippen LogP contribution is 2.50. The number of allylic oxidation sites excluding steroid dienone is 2. The molecule has 0 aromatic heterocycles. The maximum absolute atomic E-state index is 12.9. The van der Waals surface area contributed by atoms with Crippen LogP contribution in [-0.2, 0) is 16.0 Å². The number of unbranched alkanes of at least 4 members (excludes halogenated alkanes) is 2. The third-order valence-corrected chi connectivity index (χ3v) is 6.02. The zero-order chi connectivity index (χ0) is 16.7. The Kier molecular flexibility index (Phi) is 4.03. The van der Waals surface area contributed by atoms with E-state index in [9.17, 15) is 9.59 Å². The quantitative estimate of drug-likeness (QED) is 0.464. The molecule has 1 aliphatic heterocycles. The van der Waals surface area contributed by atoms with Gasteiger partial charge in [-0.2, -0.15) is 0 Å². The van der Waals surface area contributed by atoms with Crippen LogP contribution in [0.3, 0.4) is 0 Å². The Labute approximate surface area is 143 Å². The van der Waals surface area contributed by atoms with E-state index in [1.165, 1.54) is 29.7 Å². The van der Waals surface area contributed by atoms with Gasteiger partial charge in [0.1, 0.15) is 0 Å². The molecule has 24 heavy (non-hydrogen) atoms. The van der Waals surface area contributed by atoms with E-state index in [2.05, 4.69) is 31.2 Å². The first-order valence-electron chi connectivity index (χ1n) is 9.35. The Hall–Kier alpha value is -1.90. The summed E-state index contributed by atoms with van der Waals surface area (Å²) in [6.07, 6.45) is 11.1. The summed E-state index contributed by atoms with van der Waals surface area (Å²) < 4.78 is 0. The SMILES string of the molecule is CCCCCc1ccc(N2C(=O)[C@@H]3C4C=CC(CC4)[C@@H]3C2=O)cc1. The van der Waals surface area contributed by atoms with Crippen molar-refractivity contribution in [2.24, 2.45) is 23.7 Å². The van der Waals surface area contributed by atoms with Gasteiger partial charge in [0.15, 0.2) is 0 Å². The third-order valence-electron chi connectivity index (χ3n) is 6.02. The highest BCUT2D eigenvalue weighted by atomic mass is 16.2. The molecule has 2 fully saturated rings. The molecule has 1 saturated carbocycles. The summed E-state index contributed by atoms with van der Waals surface area (Å²) in [5.41, 5.74) is 2.03. The van der Waals surface area contributed by atoms with Crippen LogP contribution < -0.4 is 4.90 Å². The lowest BCUT2D eigenvalue weighted by molar-refractivity contribution is -0.124. The van der Waals surface area contributed by atoms with E-state index in [1.54, 1.807) is 0 Å². The number of hydrogen-bond acceptors (Lipinski definition) is 2. The second kappa shape index (κ2) is 6.19. The number of nitrogens with zero attached hydrogens (tertiary/aromatic N) is 1. The van der Waals surface area contributed by atoms with E-state index >= 15 is 0 Å². The highest BCUT2D eigenvalue weighted by molar-refractivity contribution is 6.22. The van der Waals surface area contributed by atoms with Gasteiger partial charge in [0.05, 0.1) is 17.5 Å². The highest BCUT2D eigenvalue weighted by Gasteiger charge is 2.56. The number of rotatable bonds is 5. The van der Waals surface area contributed by atoms with Gasteiger partial charge in [0, 0.05) is 0 Å². The Morgan fingerprint density at radius 1 is 0.917 bits per heavy atom. The average molecular weight is 323 g/mol. The molecule has 1 aromatic rings. The van der Waals surface area contributed by atoms with Crippen LogP contribution in [0.25, 0.3) is 0 Å². The number of fused-ring (bicyclic) bond motifs is 1. The molecule has 0 radical (unpaired) electrons. The molecule has 1 heterocycles. The molecule has 126 valence electrons. The van der Waals surface area contributed by atoms with Crippen LogP contribution in [0.2, 0.25) is 0 Å². The largest absolute Gasteiger partial charge is 0.274 e. The number of anilines is 1. The molecule has 4 atom stereocenters. The smallest absolute Gasteiger partial charge is 0.238 e. The molecule has 0 N–H and O–H groups in total. The summed E-state index contributed by atoms with van der Waals surface area (Å²) in [5.74, 6) is 0.311. The summed E-state index contributed by atoms with van der Waals surface area (Å²) in [6.45, 7) is 2.20. The summed E-state index contributed by atoms with van der Waals surface area (Å²) >= 11 is 0. The fraction of sp³-hybridized carbons (Fsp3) is 0.524. The van der Waals surface area contributed by atoms with Crippen LogP contribution in [-0.4, -0.2) is 11.8 Å². The summed E-state index contributed by atoms with van der Waals surface area (Å²) in [6, 6.07) is 8.04. The normalized spacial score (nSPS) is 31.0. The third kappa shape index (κ3) is 2.42. The lowest BCUT2D eigenvalue weighted by Crippen LogP contribution is -2.38. The van der Waals surface area contributed by atoms with Gasteiger partial charge in [-0.25, -0.2) is 0 Å². The van der Waals surface area contributed by atoms with Gasteiger partial charge in [0.25, 0.3) is 0 Å². The molecule has 4 aliphatic rings. The summed E-state index contributed by atoms with van der Waals surface area (Å²) in [7, 11) is 0. The van der Waals surface area contributed by atoms with Crippen LogP contribution in [0.1, 0.15) is 44.6 Å². The van der Waals surface area contributed by atoms with E-state index in [1.807, 2.05) is 12.1 Å². The van der Waals surface area contributed by atoms with Crippen LogP contribution in [0.4, 0.5) is 5.69 Å². The Morgan fingerprint density at radius 3 is 2.00 bits per heavy atom. The molecule has 2 bridgehead atoms. The monoisotopic (exact) mass is 323 g/mol.